The molecule has 2 rings (SSSR count). The van der Waals surface area contributed by atoms with Gasteiger partial charge in [0, 0.05) is 18.8 Å². The van der Waals surface area contributed by atoms with Gasteiger partial charge in [-0.3, -0.25) is 0 Å². The van der Waals surface area contributed by atoms with Gasteiger partial charge in [-0.15, -0.1) is 0 Å². The quantitative estimate of drug-likeness (QED) is 0.685. The molecule has 2 N–H and O–H groups in total. The third-order valence-electron chi connectivity index (χ3n) is 2.44. The Morgan fingerprint density at radius 3 is 3.25 bits per heavy atom. The number of hydrogen-bond donors (Lipinski definition) is 2. The number of piperidine rings is 1. The summed E-state index contributed by atoms with van der Waals surface area (Å²) in [5.74, 6) is 1.91. The summed E-state index contributed by atoms with van der Waals surface area (Å²) in [6.45, 7) is 2.34. The molecule has 1 aliphatic rings. The van der Waals surface area contributed by atoms with Crippen molar-refractivity contribution in [1.29, 1.82) is 0 Å². The molecule has 3 nitrogen and oxygen atoms in total. The molecule has 2 heterocycles. The van der Waals surface area contributed by atoms with Crippen molar-refractivity contribution in [2.75, 3.05) is 13.1 Å². The van der Waals surface area contributed by atoms with Gasteiger partial charge in [0.05, 0.1) is 0 Å². The van der Waals surface area contributed by atoms with Crippen molar-refractivity contribution in [3.63, 3.8) is 0 Å². The Balaban J connectivity index is 1.86. The zero-order chi connectivity index (χ0) is 8.23. The summed E-state index contributed by atoms with van der Waals surface area (Å²) in [5.41, 5.74) is 0. The van der Waals surface area contributed by atoms with Gasteiger partial charge in [0.2, 0.25) is 0 Å². The first-order chi connectivity index (χ1) is 5.95. The van der Waals surface area contributed by atoms with E-state index < -0.39 is 0 Å². The highest BCUT2D eigenvalue weighted by molar-refractivity contribution is 4.90. The predicted molar refractivity (Wildman–Crippen MR) is 47.9 cm³/mol. The molecule has 0 aromatic carbocycles. The van der Waals surface area contributed by atoms with Gasteiger partial charge in [-0.2, -0.15) is 0 Å². The Kier molecular flexibility index (Phi) is 2.42. The lowest BCUT2D eigenvalue weighted by Crippen LogP contribution is -2.31. The highest BCUT2D eigenvalue weighted by atomic mass is 14.9. The summed E-state index contributed by atoms with van der Waals surface area (Å²) in [5, 5.41) is 3.41. The fourth-order valence-electron chi connectivity index (χ4n) is 1.78. The van der Waals surface area contributed by atoms with Crippen molar-refractivity contribution in [2.45, 2.75) is 19.3 Å². The first kappa shape index (κ1) is 7.80. The molecule has 0 amide bonds. The number of aromatic amines is 1. The van der Waals surface area contributed by atoms with Crippen molar-refractivity contribution >= 4 is 0 Å². The first-order valence-corrected chi connectivity index (χ1v) is 4.64. The second-order valence-corrected chi connectivity index (χ2v) is 3.45. The molecular weight excluding hydrogens is 150 g/mol. The van der Waals surface area contributed by atoms with Gasteiger partial charge in [0.15, 0.2) is 0 Å². The molecule has 0 saturated carbocycles. The molecule has 1 atom stereocenters. The lowest BCUT2D eigenvalue weighted by atomic mass is 9.96. The summed E-state index contributed by atoms with van der Waals surface area (Å²) in [7, 11) is 0. The van der Waals surface area contributed by atoms with Gasteiger partial charge in [-0.1, -0.05) is 0 Å². The first-order valence-electron chi connectivity index (χ1n) is 4.64. The van der Waals surface area contributed by atoms with E-state index in [2.05, 4.69) is 15.3 Å². The summed E-state index contributed by atoms with van der Waals surface area (Å²) >= 11 is 0. The van der Waals surface area contributed by atoms with Gasteiger partial charge >= 0.3 is 0 Å². The van der Waals surface area contributed by atoms with Crippen LogP contribution in [0.25, 0.3) is 0 Å². The summed E-state index contributed by atoms with van der Waals surface area (Å²) in [6, 6.07) is 0. The number of H-pyrrole nitrogens is 1. The van der Waals surface area contributed by atoms with E-state index in [4.69, 9.17) is 0 Å². The Labute approximate surface area is 72.6 Å². The van der Waals surface area contributed by atoms with Crippen LogP contribution < -0.4 is 5.32 Å². The maximum atomic E-state index is 4.23. The highest BCUT2D eigenvalue weighted by Crippen LogP contribution is 2.13. The van der Waals surface area contributed by atoms with Crippen LogP contribution in [0.5, 0.6) is 0 Å². The molecule has 0 spiro atoms. The summed E-state index contributed by atoms with van der Waals surface area (Å²) in [6.07, 6.45) is 7.47. The molecule has 0 bridgehead atoms. The fourth-order valence-corrected chi connectivity index (χ4v) is 1.78. The minimum absolute atomic E-state index is 0.782. The van der Waals surface area contributed by atoms with Crippen molar-refractivity contribution in [1.82, 2.24) is 15.3 Å². The molecule has 1 fully saturated rings. The van der Waals surface area contributed by atoms with E-state index in [0.29, 0.717) is 0 Å². The van der Waals surface area contributed by atoms with Crippen molar-refractivity contribution in [3.8, 4) is 0 Å². The molecule has 3 heteroatoms. The second kappa shape index (κ2) is 3.72. The smallest absolute Gasteiger partial charge is 0.106 e. The molecule has 0 aliphatic carbocycles. The standard InChI is InChI=1S/C9H15N3/c1-2-8(7-10-3-1)6-9-11-4-5-12-9/h4-5,8,10H,1-3,6-7H2,(H,11,12)/t8-/m0/s1. The topological polar surface area (TPSA) is 40.7 Å². The van der Waals surface area contributed by atoms with Gasteiger partial charge in [-0.25, -0.2) is 4.98 Å². The Bertz CT molecular complexity index is 212. The van der Waals surface area contributed by atoms with E-state index in [-0.39, 0.29) is 0 Å². The van der Waals surface area contributed by atoms with Crippen LogP contribution in [0.15, 0.2) is 12.4 Å². The maximum Gasteiger partial charge on any atom is 0.106 e. The van der Waals surface area contributed by atoms with Crippen molar-refractivity contribution in [3.05, 3.63) is 18.2 Å². The van der Waals surface area contributed by atoms with Gasteiger partial charge in [0.1, 0.15) is 5.82 Å². The molecular formula is C9H15N3. The largest absolute Gasteiger partial charge is 0.349 e. The average Bonchev–Trinajstić information content (AvgIpc) is 2.59. The van der Waals surface area contributed by atoms with Crippen LogP contribution in [0.3, 0.4) is 0 Å². The fraction of sp³-hybridized carbons (Fsp3) is 0.667. The molecule has 66 valence electrons. The normalized spacial score (nSPS) is 24.2. The van der Waals surface area contributed by atoms with Crippen LogP contribution in [0.4, 0.5) is 0 Å². The van der Waals surface area contributed by atoms with E-state index in [1.807, 2.05) is 12.4 Å². The van der Waals surface area contributed by atoms with Crippen LogP contribution in [0, 0.1) is 5.92 Å². The maximum absolute atomic E-state index is 4.23. The lowest BCUT2D eigenvalue weighted by molar-refractivity contribution is 0.371. The average molecular weight is 165 g/mol. The number of rotatable bonds is 2. The molecule has 1 aromatic rings. The number of imidazole rings is 1. The third-order valence-corrected chi connectivity index (χ3v) is 2.44. The molecule has 1 aromatic heterocycles. The third kappa shape index (κ3) is 1.85. The lowest BCUT2D eigenvalue weighted by Gasteiger charge is -2.21. The number of nitrogens with one attached hydrogen (secondary N) is 2. The number of hydrogen-bond acceptors (Lipinski definition) is 2. The van der Waals surface area contributed by atoms with E-state index in [1.54, 1.807) is 0 Å². The SMILES string of the molecule is c1c[nH]c(C[C@@H]2CCCNC2)n1. The molecule has 0 radical (unpaired) electrons. The minimum Gasteiger partial charge on any atom is -0.349 e. The monoisotopic (exact) mass is 165 g/mol. The van der Waals surface area contributed by atoms with Gasteiger partial charge in [0.25, 0.3) is 0 Å². The molecule has 12 heavy (non-hydrogen) atoms. The Morgan fingerprint density at radius 2 is 2.58 bits per heavy atom. The zero-order valence-corrected chi connectivity index (χ0v) is 7.21. The number of nitrogens with zero attached hydrogens (tertiary/aromatic N) is 1. The van der Waals surface area contributed by atoms with Gasteiger partial charge in [-0.05, 0) is 31.8 Å². The van der Waals surface area contributed by atoms with Crippen LogP contribution in [0.2, 0.25) is 0 Å². The van der Waals surface area contributed by atoms with Gasteiger partial charge < -0.3 is 10.3 Å². The number of aromatic nitrogens is 2. The van der Waals surface area contributed by atoms with E-state index >= 15 is 0 Å². The van der Waals surface area contributed by atoms with E-state index in [0.717, 1.165) is 24.7 Å². The van der Waals surface area contributed by atoms with Crippen LogP contribution in [0.1, 0.15) is 18.7 Å². The molecule has 1 aliphatic heterocycles. The highest BCUT2D eigenvalue weighted by Gasteiger charge is 2.13. The summed E-state index contributed by atoms with van der Waals surface area (Å²) < 4.78 is 0. The second-order valence-electron chi connectivity index (χ2n) is 3.45. The van der Waals surface area contributed by atoms with Crippen LogP contribution in [-0.2, 0) is 6.42 Å². The summed E-state index contributed by atoms with van der Waals surface area (Å²) in [4.78, 5) is 7.37. The zero-order valence-electron chi connectivity index (χ0n) is 7.21. The molecule has 1 saturated heterocycles. The van der Waals surface area contributed by atoms with Crippen LogP contribution in [-0.4, -0.2) is 23.1 Å². The van der Waals surface area contributed by atoms with E-state index in [9.17, 15) is 0 Å². The predicted octanol–water partition coefficient (Wildman–Crippen LogP) is 0.952. The van der Waals surface area contributed by atoms with E-state index in [1.165, 1.54) is 19.4 Å². The Morgan fingerprint density at radius 1 is 1.58 bits per heavy atom. The molecule has 0 unspecified atom stereocenters. The van der Waals surface area contributed by atoms with Crippen LogP contribution >= 0.6 is 0 Å². The minimum atomic E-state index is 0.782. The Hall–Kier alpha value is -0.830. The van der Waals surface area contributed by atoms with Crippen molar-refractivity contribution in [2.24, 2.45) is 5.92 Å². The van der Waals surface area contributed by atoms with Crippen molar-refractivity contribution < 1.29 is 0 Å².